The van der Waals surface area contributed by atoms with Crippen molar-refractivity contribution in [3.8, 4) is 0 Å². The number of benzene rings is 1. The molecule has 0 amide bonds. The normalized spacial score (nSPS) is 12.9. The van der Waals surface area contributed by atoms with Gasteiger partial charge in [0.1, 0.15) is 0 Å². The van der Waals surface area contributed by atoms with E-state index >= 15 is 0 Å². The summed E-state index contributed by atoms with van der Waals surface area (Å²) >= 11 is 0. The molecule has 18 heavy (non-hydrogen) atoms. The molecule has 2 nitrogen and oxygen atoms in total. The van der Waals surface area contributed by atoms with E-state index in [0.29, 0.717) is 0 Å². The van der Waals surface area contributed by atoms with Crippen LogP contribution in [0.4, 0.5) is 0 Å². The molecule has 0 aromatic heterocycles. The Morgan fingerprint density at radius 3 is 1.83 bits per heavy atom. The highest BCUT2D eigenvalue weighted by atomic mass is 35.5. The zero-order chi connectivity index (χ0) is 13.1. The van der Waals surface area contributed by atoms with Crippen LogP contribution >= 0.6 is 0 Å². The van der Waals surface area contributed by atoms with Gasteiger partial charge >= 0.3 is 0 Å². The molecule has 0 spiro atoms. The summed E-state index contributed by atoms with van der Waals surface area (Å²) in [6.45, 7) is 13.0. The largest absolute Gasteiger partial charge is 1.00 e. The Kier molecular flexibility index (Phi) is 5.88. The molecule has 1 aromatic carbocycles. The maximum absolute atomic E-state index is 3.53. The second kappa shape index (κ2) is 6.24. The lowest BCUT2D eigenvalue weighted by atomic mass is 10.1. The van der Waals surface area contributed by atoms with E-state index in [9.17, 15) is 0 Å². The minimum absolute atomic E-state index is 0. The van der Waals surface area contributed by atoms with Crippen molar-refractivity contribution in [2.75, 3.05) is 0 Å². The van der Waals surface area contributed by atoms with Gasteiger partial charge in [-0.25, -0.2) is 0 Å². The number of hydrogen-bond acceptors (Lipinski definition) is 0. The molecule has 0 saturated carbocycles. The standard InChI is InChI=1S/C15H24N2.ClH/c1-14(2,3)16-13(17-15(4,5)6)12-10-8-7-9-11-12;/h7-11H,1-6H3,(H,16,17);1H. The zero-order valence-electron chi connectivity index (χ0n) is 12.3. The molecular weight excluding hydrogens is 244 g/mol. The first-order valence-electron chi connectivity index (χ1n) is 6.16. The number of halogens is 1. The lowest BCUT2D eigenvalue weighted by Gasteiger charge is -2.20. The van der Waals surface area contributed by atoms with Gasteiger partial charge in [0, 0.05) is 0 Å². The molecule has 0 heterocycles. The van der Waals surface area contributed by atoms with Gasteiger partial charge in [0.2, 0.25) is 0 Å². The number of amidine groups is 1. The average molecular weight is 269 g/mol. The monoisotopic (exact) mass is 268 g/mol. The predicted molar refractivity (Wildman–Crippen MR) is 74.2 cm³/mol. The van der Waals surface area contributed by atoms with Crippen LogP contribution in [-0.2, 0) is 0 Å². The highest BCUT2D eigenvalue weighted by molar-refractivity contribution is 5.94. The second-order valence-electron chi connectivity index (χ2n) is 6.49. The topological polar surface area (TPSA) is 26.0 Å². The molecule has 2 N–H and O–H groups in total. The van der Waals surface area contributed by atoms with E-state index in [4.69, 9.17) is 0 Å². The Morgan fingerprint density at radius 1 is 0.944 bits per heavy atom. The minimum atomic E-state index is 0. The third-order valence-electron chi connectivity index (χ3n) is 2.06. The van der Waals surface area contributed by atoms with Gasteiger partial charge in [-0.15, -0.1) is 0 Å². The van der Waals surface area contributed by atoms with E-state index in [1.807, 2.05) is 6.07 Å². The Hall–Kier alpha value is -1.02. The summed E-state index contributed by atoms with van der Waals surface area (Å²) < 4.78 is 0. The maximum atomic E-state index is 3.53. The summed E-state index contributed by atoms with van der Waals surface area (Å²) in [4.78, 5) is 3.53. The average Bonchev–Trinajstić information content (AvgIpc) is 2.14. The first-order chi connectivity index (χ1) is 7.67. The van der Waals surface area contributed by atoms with Crippen molar-refractivity contribution >= 4 is 5.84 Å². The van der Waals surface area contributed by atoms with Crippen LogP contribution in [0.2, 0.25) is 0 Å². The molecule has 0 aliphatic heterocycles. The lowest BCUT2D eigenvalue weighted by Crippen LogP contribution is -3.00. The van der Waals surface area contributed by atoms with E-state index in [2.05, 4.69) is 76.1 Å². The van der Waals surface area contributed by atoms with E-state index < -0.39 is 0 Å². The molecule has 0 saturated heterocycles. The zero-order valence-corrected chi connectivity index (χ0v) is 13.0. The first kappa shape index (κ1) is 17.0. The van der Waals surface area contributed by atoms with Crippen molar-refractivity contribution in [2.24, 2.45) is 0 Å². The van der Waals surface area contributed by atoms with E-state index in [1.165, 1.54) is 5.56 Å². The third kappa shape index (κ3) is 6.65. The van der Waals surface area contributed by atoms with Gasteiger partial charge in [0.15, 0.2) is 0 Å². The predicted octanol–water partition coefficient (Wildman–Crippen LogP) is -1.30. The van der Waals surface area contributed by atoms with Gasteiger partial charge < -0.3 is 12.4 Å². The molecule has 0 aliphatic carbocycles. The van der Waals surface area contributed by atoms with E-state index in [-0.39, 0.29) is 23.5 Å². The van der Waals surface area contributed by atoms with Crippen molar-refractivity contribution in [1.29, 1.82) is 0 Å². The summed E-state index contributed by atoms with van der Waals surface area (Å²) in [6, 6.07) is 10.4. The summed E-state index contributed by atoms with van der Waals surface area (Å²) in [6.07, 6.45) is 0. The maximum Gasteiger partial charge on any atom is 0.275 e. The molecule has 1 aromatic rings. The van der Waals surface area contributed by atoms with Crippen LogP contribution in [0.15, 0.2) is 30.3 Å². The molecule has 0 bridgehead atoms. The van der Waals surface area contributed by atoms with Gasteiger partial charge in [-0.05, 0) is 53.7 Å². The Labute approximate surface area is 117 Å². The molecule has 0 unspecified atom stereocenters. The van der Waals surface area contributed by atoms with Crippen molar-refractivity contribution in [1.82, 2.24) is 5.32 Å². The van der Waals surface area contributed by atoms with Crippen LogP contribution in [0.3, 0.4) is 0 Å². The number of nitrogens with one attached hydrogen (secondary N) is 2. The van der Waals surface area contributed by atoms with Crippen molar-refractivity contribution < 1.29 is 17.4 Å². The fourth-order valence-electron chi connectivity index (χ4n) is 1.53. The van der Waals surface area contributed by atoms with Crippen LogP contribution in [0.5, 0.6) is 0 Å². The molecular formula is C15H25ClN2. The van der Waals surface area contributed by atoms with E-state index in [1.54, 1.807) is 0 Å². The Balaban J connectivity index is 0.00000289. The highest BCUT2D eigenvalue weighted by Crippen LogP contribution is 2.03. The molecule has 0 radical (unpaired) electrons. The Bertz CT molecular complexity index is 383. The third-order valence-corrected chi connectivity index (χ3v) is 2.06. The first-order valence-corrected chi connectivity index (χ1v) is 6.16. The molecule has 3 heteroatoms. The quantitative estimate of drug-likeness (QED) is 0.481. The number of rotatable bonds is 1. The summed E-state index contributed by atoms with van der Waals surface area (Å²) in [5, 5.41) is 3.53. The smallest absolute Gasteiger partial charge is 0.275 e. The second-order valence-corrected chi connectivity index (χ2v) is 6.49. The van der Waals surface area contributed by atoms with Crippen LogP contribution in [0.25, 0.3) is 0 Å². The van der Waals surface area contributed by atoms with Crippen molar-refractivity contribution in [3.05, 3.63) is 35.9 Å². The van der Waals surface area contributed by atoms with Gasteiger partial charge in [-0.3, -0.25) is 10.3 Å². The van der Waals surface area contributed by atoms with Gasteiger partial charge in [0.25, 0.3) is 5.84 Å². The fourth-order valence-corrected chi connectivity index (χ4v) is 1.53. The van der Waals surface area contributed by atoms with Crippen LogP contribution in [0, 0.1) is 0 Å². The van der Waals surface area contributed by atoms with Crippen LogP contribution in [-0.4, -0.2) is 16.9 Å². The van der Waals surface area contributed by atoms with Crippen LogP contribution < -0.4 is 22.7 Å². The molecule has 0 aliphatic rings. The molecule has 102 valence electrons. The molecule has 1 rings (SSSR count). The van der Waals surface area contributed by atoms with Gasteiger partial charge in [-0.2, -0.15) is 0 Å². The van der Waals surface area contributed by atoms with Gasteiger partial charge in [-0.1, -0.05) is 18.2 Å². The van der Waals surface area contributed by atoms with Crippen molar-refractivity contribution in [3.63, 3.8) is 0 Å². The Morgan fingerprint density at radius 2 is 1.44 bits per heavy atom. The number of hydrogen-bond donors (Lipinski definition) is 2. The lowest BCUT2D eigenvalue weighted by molar-refractivity contribution is -0.540. The summed E-state index contributed by atoms with van der Waals surface area (Å²) in [5.41, 5.74) is 1.28. The molecule has 0 atom stereocenters. The van der Waals surface area contributed by atoms with Crippen molar-refractivity contribution in [2.45, 2.75) is 52.6 Å². The van der Waals surface area contributed by atoms with E-state index in [0.717, 1.165) is 5.84 Å². The summed E-state index contributed by atoms with van der Waals surface area (Å²) in [7, 11) is 0. The minimum Gasteiger partial charge on any atom is -1.00 e. The van der Waals surface area contributed by atoms with Gasteiger partial charge in [0.05, 0.1) is 16.6 Å². The SMILES string of the molecule is CC(C)(C)NC(=[NH+]C(C)(C)C)c1ccccc1.[Cl-]. The summed E-state index contributed by atoms with van der Waals surface area (Å²) in [5.74, 6) is 1.09. The van der Waals surface area contributed by atoms with Crippen LogP contribution in [0.1, 0.15) is 47.1 Å². The highest BCUT2D eigenvalue weighted by Gasteiger charge is 2.23. The fraction of sp³-hybridized carbons (Fsp3) is 0.533. The molecule has 0 fully saturated rings.